The van der Waals surface area contributed by atoms with Gasteiger partial charge in [-0.05, 0) is 35.9 Å². The van der Waals surface area contributed by atoms with Crippen molar-refractivity contribution in [3.63, 3.8) is 0 Å². The van der Waals surface area contributed by atoms with Crippen LogP contribution in [-0.2, 0) is 0 Å². The van der Waals surface area contributed by atoms with Gasteiger partial charge in [-0.3, -0.25) is 0 Å². The van der Waals surface area contributed by atoms with Crippen LogP contribution in [0.5, 0.6) is 23.0 Å². The highest BCUT2D eigenvalue weighted by Gasteiger charge is 2.14. The first-order chi connectivity index (χ1) is 15.9. The Labute approximate surface area is 188 Å². The van der Waals surface area contributed by atoms with Crippen LogP contribution in [0.3, 0.4) is 0 Å². The van der Waals surface area contributed by atoms with Gasteiger partial charge < -0.3 is 9.47 Å². The lowest BCUT2D eigenvalue weighted by Crippen LogP contribution is -1.93. The van der Waals surface area contributed by atoms with Crippen molar-refractivity contribution >= 4 is 0 Å². The van der Waals surface area contributed by atoms with E-state index in [9.17, 15) is 0 Å². The van der Waals surface area contributed by atoms with Gasteiger partial charge in [-0.2, -0.15) is 0 Å². The molecule has 0 heterocycles. The highest BCUT2D eigenvalue weighted by Crippen LogP contribution is 2.41. The molecule has 2 nitrogen and oxygen atoms in total. The van der Waals surface area contributed by atoms with Gasteiger partial charge >= 0.3 is 0 Å². The van der Waals surface area contributed by atoms with Crippen LogP contribution in [0.25, 0.3) is 22.3 Å². The molecule has 0 aliphatic heterocycles. The molecule has 0 fully saturated rings. The molecule has 2 heteroatoms. The minimum Gasteiger partial charge on any atom is -0.457 e. The summed E-state index contributed by atoms with van der Waals surface area (Å²) in [5, 5.41) is 0. The third-order valence-corrected chi connectivity index (χ3v) is 5.23. The van der Waals surface area contributed by atoms with E-state index in [1.54, 1.807) is 0 Å². The molecule has 154 valence electrons. The van der Waals surface area contributed by atoms with E-state index >= 15 is 0 Å². The minimum atomic E-state index is 0.778. The van der Waals surface area contributed by atoms with Gasteiger partial charge in [0.05, 0.1) is 0 Å². The fourth-order valence-electron chi connectivity index (χ4n) is 3.70. The topological polar surface area (TPSA) is 18.5 Å². The number of rotatable bonds is 6. The van der Waals surface area contributed by atoms with Gasteiger partial charge in [0, 0.05) is 16.7 Å². The van der Waals surface area contributed by atoms with Crippen LogP contribution < -0.4 is 9.47 Å². The maximum atomic E-state index is 6.50. The first-order valence-corrected chi connectivity index (χ1v) is 10.6. The first kappa shape index (κ1) is 19.7. The summed E-state index contributed by atoms with van der Waals surface area (Å²) in [6, 6.07) is 44.3. The third-order valence-electron chi connectivity index (χ3n) is 5.23. The van der Waals surface area contributed by atoms with Gasteiger partial charge in [-0.25, -0.2) is 0 Å². The third kappa shape index (κ3) is 4.26. The molecule has 5 aromatic rings. The zero-order chi connectivity index (χ0) is 21.6. The normalized spacial score (nSPS) is 10.5. The smallest absolute Gasteiger partial charge is 0.135 e. The highest BCUT2D eigenvalue weighted by atomic mass is 16.5. The molecule has 0 spiro atoms. The fraction of sp³-hybridized carbons (Fsp3) is 0. The first-order valence-electron chi connectivity index (χ1n) is 10.6. The van der Waals surface area contributed by atoms with Gasteiger partial charge in [0.15, 0.2) is 0 Å². The van der Waals surface area contributed by atoms with Gasteiger partial charge in [0.2, 0.25) is 0 Å². The van der Waals surface area contributed by atoms with Crippen LogP contribution in [0.4, 0.5) is 0 Å². The Hall–Kier alpha value is -4.30. The number of para-hydroxylation sites is 4. The van der Waals surface area contributed by atoms with Crippen LogP contribution in [-0.4, -0.2) is 0 Å². The predicted molar refractivity (Wildman–Crippen MR) is 130 cm³/mol. The summed E-state index contributed by atoms with van der Waals surface area (Å²) in [5.74, 6) is 3.17. The van der Waals surface area contributed by atoms with Crippen molar-refractivity contribution in [2.75, 3.05) is 0 Å². The molecule has 5 rings (SSSR count). The van der Waals surface area contributed by atoms with Crippen LogP contribution >= 0.6 is 0 Å². The van der Waals surface area contributed by atoms with Crippen LogP contribution in [0.1, 0.15) is 0 Å². The Bertz CT molecular complexity index is 1310. The van der Waals surface area contributed by atoms with E-state index in [4.69, 9.17) is 9.47 Å². The Morgan fingerprint density at radius 1 is 0.312 bits per heavy atom. The van der Waals surface area contributed by atoms with Crippen LogP contribution in [0, 0.1) is 0 Å². The molecule has 5 aromatic carbocycles. The van der Waals surface area contributed by atoms with E-state index in [1.807, 2.05) is 103 Å². The maximum absolute atomic E-state index is 6.50. The molecule has 0 aliphatic rings. The largest absolute Gasteiger partial charge is 0.457 e. The van der Waals surface area contributed by atoms with Crippen LogP contribution in [0.2, 0.25) is 0 Å². The number of hydrogen-bond acceptors (Lipinski definition) is 2. The van der Waals surface area contributed by atoms with E-state index in [0.29, 0.717) is 0 Å². The van der Waals surface area contributed by atoms with Crippen molar-refractivity contribution in [1.82, 2.24) is 0 Å². The SMILES string of the molecule is c1ccc(Oc2ccccc2-c2ccccc2Oc2ccccc2-c2ccccc2)cc1. The van der Waals surface area contributed by atoms with Crippen molar-refractivity contribution in [1.29, 1.82) is 0 Å². The Morgan fingerprint density at radius 3 is 1.31 bits per heavy atom. The molecule has 0 saturated heterocycles. The van der Waals surface area contributed by atoms with Gasteiger partial charge in [0.25, 0.3) is 0 Å². The highest BCUT2D eigenvalue weighted by molar-refractivity contribution is 5.77. The second-order valence-corrected chi connectivity index (χ2v) is 7.37. The quantitative estimate of drug-likeness (QED) is 0.277. The summed E-state index contributed by atoms with van der Waals surface area (Å²) in [5.41, 5.74) is 4.12. The van der Waals surface area contributed by atoms with Crippen molar-refractivity contribution in [3.05, 3.63) is 133 Å². The zero-order valence-corrected chi connectivity index (χ0v) is 17.5. The molecule has 0 unspecified atom stereocenters. The predicted octanol–water partition coefficient (Wildman–Crippen LogP) is 8.61. The molecule has 0 radical (unpaired) electrons. The minimum absolute atomic E-state index is 0.778. The summed E-state index contributed by atoms with van der Waals surface area (Å²) in [6.45, 7) is 0. The summed E-state index contributed by atoms with van der Waals surface area (Å²) in [6.07, 6.45) is 0. The van der Waals surface area contributed by atoms with E-state index in [1.165, 1.54) is 0 Å². The van der Waals surface area contributed by atoms with E-state index in [2.05, 4.69) is 30.3 Å². The van der Waals surface area contributed by atoms with E-state index < -0.39 is 0 Å². The molecule has 32 heavy (non-hydrogen) atoms. The summed E-state index contributed by atoms with van der Waals surface area (Å²) < 4.78 is 12.7. The van der Waals surface area contributed by atoms with E-state index in [-0.39, 0.29) is 0 Å². The van der Waals surface area contributed by atoms with Crippen molar-refractivity contribution < 1.29 is 9.47 Å². The van der Waals surface area contributed by atoms with Crippen LogP contribution in [0.15, 0.2) is 133 Å². The van der Waals surface area contributed by atoms with E-state index in [0.717, 1.165) is 45.3 Å². The summed E-state index contributed by atoms with van der Waals surface area (Å²) in [4.78, 5) is 0. The average Bonchev–Trinajstić information content (AvgIpc) is 2.86. The molecule has 0 aliphatic carbocycles. The van der Waals surface area contributed by atoms with Gasteiger partial charge in [-0.15, -0.1) is 0 Å². The van der Waals surface area contributed by atoms with Crippen molar-refractivity contribution in [2.24, 2.45) is 0 Å². The lowest BCUT2D eigenvalue weighted by molar-refractivity contribution is 0.478. The fourth-order valence-corrected chi connectivity index (χ4v) is 3.70. The second-order valence-electron chi connectivity index (χ2n) is 7.37. The maximum Gasteiger partial charge on any atom is 0.135 e. The van der Waals surface area contributed by atoms with Gasteiger partial charge in [-0.1, -0.05) is 103 Å². The average molecular weight is 415 g/mol. The molecular weight excluding hydrogens is 392 g/mol. The molecule has 0 bridgehead atoms. The molecule has 0 N–H and O–H groups in total. The van der Waals surface area contributed by atoms with Crippen molar-refractivity contribution in [2.45, 2.75) is 0 Å². The molecular formula is C30H22O2. The van der Waals surface area contributed by atoms with Crippen molar-refractivity contribution in [3.8, 4) is 45.3 Å². The number of benzene rings is 5. The molecule has 0 amide bonds. The second kappa shape index (κ2) is 9.23. The zero-order valence-electron chi connectivity index (χ0n) is 17.5. The standard InChI is InChI=1S/C30H22O2/c1-3-13-23(14-4-1)25-17-7-10-20-28(25)32-30-22-12-9-19-27(30)26-18-8-11-21-29(26)31-24-15-5-2-6-16-24/h1-22H. The lowest BCUT2D eigenvalue weighted by Gasteiger charge is -2.17. The number of hydrogen-bond donors (Lipinski definition) is 0. The molecule has 0 atom stereocenters. The molecule has 0 saturated carbocycles. The number of ether oxygens (including phenoxy) is 2. The lowest BCUT2D eigenvalue weighted by atomic mass is 10.0. The van der Waals surface area contributed by atoms with Gasteiger partial charge in [0.1, 0.15) is 23.0 Å². The summed E-state index contributed by atoms with van der Waals surface area (Å²) >= 11 is 0. The Morgan fingerprint density at radius 2 is 0.719 bits per heavy atom. The molecule has 0 aromatic heterocycles. The summed E-state index contributed by atoms with van der Waals surface area (Å²) in [7, 11) is 0. The Balaban J connectivity index is 1.54. The Kier molecular flexibility index (Phi) is 5.67. The monoisotopic (exact) mass is 414 g/mol.